The predicted molar refractivity (Wildman–Crippen MR) is 116 cm³/mol. The van der Waals surface area contributed by atoms with E-state index in [1.165, 1.54) is 4.31 Å². The third kappa shape index (κ3) is 4.83. The van der Waals surface area contributed by atoms with Crippen molar-refractivity contribution in [1.29, 1.82) is 0 Å². The van der Waals surface area contributed by atoms with Crippen molar-refractivity contribution in [3.63, 3.8) is 0 Å². The zero-order chi connectivity index (χ0) is 21.0. The number of fused-ring (bicyclic) bond motifs is 1. The van der Waals surface area contributed by atoms with Crippen molar-refractivity contribution in [3.8, 4) is 0 Å². The van der Waals surface area contributed by atoms with E-state index in [2.05, 4.69) is 10.2 Å². The Bertz CT molecular complexity index is 989. The van der Waals surface area contributed by atoms with Crippen LogP contribution in [0.5, 0.6) is 0 Å². The SMILES string of the molecule is O=C(NCCN1CCOCC1)[C@@H]1CCCN(S(=O)(=O)c2ccc3ccccc3c2)C1. The molecule has 1 amide bonds. The zero-order valence-corrected chi connectivity index (χ0v) is 17.9. The van der Waals surface area contributed by atoms with Gasteiger partial charge in [-0.15, -0.1) is 0 Å². The number of benzene rings is 2. The first-order valence-corrected chi connectivity index (χ1v) is 12.0. The van der Waals surface area contributed by atoms with E-state index in [0.29, 0.717) is 25.9 Å². The molecule has 8 heteroatoms. The number of hydrogen-bond acceptors (Lipinski definition) is 5. The largest absolute Gasteiger partial charge is 0.379 e. The van der Waals surface area contributed by atoms with Crippen LogP contribution in [0.3, 0.4) is 0 Å². The van der Waals surface area contributed by atoms with Crippen LogP contribution in [0.1, 0.15) is 12.8 Å². The van der Waals surface area contributed by atoms with Crippen molar-refractivity contribution < 1.29 is 17.9 Å². The molecule has 0 spiro atoms. The first-order valence-electron chi connectivity index (χ1n) is 10.6. The minimum absolute atomic E-state index is 0.0540. The summed E-state index contributed by atoms with van der Waals surface area (Å²) in [6.45, 7) is 5.30. The van der Waals surface area contributed by atoms with E-state index in [9.17, 15) is 13.2 Å². The minimum atomic E-state index is -3.63. The Morgan fingerprint density at radius 3 is 2.63 bits per heavy atom. The highest BCUT2D eigenvalue weighted by molar-refractivity contribution is 7.89. The Morgan fingerprint density at radius 2 is 1.83 bits per heavy atom. The van der Waals surface area contributed by atoms with Crippen LogP contribution in [0.4, 0.5) is 0 Å². The number of carbonyl (C=O) groups is 1. The summed E-state index contributed by atoms with van der Waals surface area (Å²) in [6, 6.07) is 12.9. The lowest BCUT2D eigenvalue weighted by molar-refractivity contribution is -0.126. The van der Waals surface area contributed by atoms with Gasteiger partial charge < -0.3 is 10.1 Å². The van der Waals surface area contributed by atoms with Crippen molar-refractivity contribution >= 4 is 26.7 Å². The maximum absolute atomic E-state index is 13.2. The topological polar surface area (TPSA) is 79.0 Å². The number of hydrogen-bond donors (Lipinski definition) is 1. The summed E-state index contributed by atoms with van der Waals surface area (Å²) in [4.78, 5) is 15.2. The molecule has 2 aromatic carbocycles. The lowest BCUT2D eigenvalue weighted by Gasteiger charge is -2.31. The standard InChI is InChI=1S/C22H29N3O4S/c26-22(23-9-11-24-12-14-29-15-13-24)20-6-3-10-25(17-20)30(27,28)21-8-7-18-4-1-2-5-19(18)16-21/h1-2,4-5,7-8,16,20H,3,6,9-15,17H2,(H,23,26)/t20-/m1/s1. The van der Waals surface area contributed by atoms with Crippen molar-refractivity contribution in [1.82, 2.24) is 14.5 Å². The minimum Gasteiger partial charge on any atom is -0.379 e. The third-order valence-corrected chi connectivity index (χ3v) is 7.81. The van der Waals surface area contributed by atoms with E-state index >= 15 is 0 Å². The van der Waals surface area contributed by atoms with Gasteiger partial charge in [0.05, 0.1) is 24.0 Å². The van der Waals surface area contributed by atoms with Crippen LogP contribution in [0.2, 0.25) is 0 Å². The molecule has 30 heavy (non-hydrogen) atoms. The Hall–Kier alpha value is -2.00. The van der Waals surface area contributed by atoms with E-state index in [1.54, 1.807) is 12.1 Å². The summed E-state index contributed by atoms with van der Waals surface area (Å²) >= 11 is 0. The normalized spacial score (nSPS) is 21.5. The highest BCUT2D eigenvalue weighted by Gasteiger charge is 2.33. The molecule has 1 atom stereocenters. The summed E-state index contributed by atoms with van der Waals surface area (Å²) in [5.74, 6) is -0.361. The quantitative estimate of drug-likeness (QED) is 0.753. The van der Waals surface area contributed by atoms with Crippen LogP contribution in [0, 0.1) is 5.92 Å². The number of ether oxygens (including phenoxy) is 1. The van der Waals surface area contributed by atoms with Crippen LogP contribution >= 0.6 is 0 Å². The van der Waals surface area contributed by atoms with E-state index in [0.717, 1.165) is 43.6 Å². The molecule has 0 aliphatic carbocycles. The molecule has 0 bridgehead atoms. The van der Waals surface area contributed by atoms with Crippen molar-refractivity contribution in [3.05, 3.63) is 42.5 Å². The molecule has 2 saturated heterocycles. The van der Waals surface area contributed by atoms with E-state index in [1.807, 2.05) is 30.3 Å². The summed E-state index contributed by atoms with van der Waals surface area (Å²) < 4.78 is 33.2. The lowest BCUT2D eigenvalue weighted by atomic mass is 9.99. The first kappa shape index (κ1) is 21.2. The number of morpholine rings is 1. The van der Waals surface area contributed by atoms with Crippen LogP contribution in [0.15, 0.2) is 47.4 Å². The fraction of sp³-hybridized carbons (Fsp3) is 0.500. The second kappa shape index (κ2) is 9.43. The highest BCUT2D eigenvalue weighted by atomic mass is 32.2. The fourth-order valence-corrected chi connectivity index (χ4v) is 5.72. The fourth-order valence-electron chi connectivity index (χ4n) is 4.16. The van der Waals surface area contributed by atoms with Gasteiger partial charge in [-0.1, -0.05) is 30.3 Å². The number of piperidine rings is 1. The van der Waals surface area contributed by atoms with Gasteiger partial charge >= 0.3 is 0 Å². The summed E-state index contributed by atoms with van der Waals surface area (Å²) in [5, 5.41) is 4.90. The smallest absolute Gasteiger partial charge is 0.243 e. The van der Waals surface area contributed by atoms with E-state index < -0.39 is 10.0 Å². The van der Waals surface area contributed by atoms with Gasteiger partial charge in [0.2, 0.25) is 15.9 Å². The van der Waals surface area contributed by atoms with E-state index in [-0.39, 0.29) is 23.3 Å². The maximum atomic E-state index is 13.2. The summed E-state index contributed by atoms with van der Waals surface area (Å²) in [5.41, 5.74) is 0. The maximum Gasteiger partial charge on any atom is 0.243 e. The number of nitrogens with zero attached hydrogens (tertiary/aromatic N) is 2. The average molecular weight is 432 g/mol. The molecule has 7 nitrogen and oxygen atoms in total. The highest BCUT2D eigenvalue weighted by Crippen LogP contribution is 2.26. The molecule has 2 aliphatic heterocycles. The van der Waals surface area contributed by atoms with Crippen LogP contribution in [-0.2, 0) is 19.6 Å². The molecule has 0 radical (unpaired) electrons. The Labute approximate surface area is 178 Å². The second-order valence-electron chi connectivity index (χ2n) is 7.96. The number of sulfonamides is 1. The van der Waals surface area contributed by atoms with E-state index in [4.69, 9.17) is 4.74 Å². The number of carbonyl (C=O) groups excluding carboxylic acids is 1. The van der Waals surface area contributed by atoms with Crippen molar-refractivity contribution in [2.75, 3.05) is 52.5 Å². The summed E-state index contributed by atoms with van der Waals surface area (Å²) in [6.07, 6.45) is 1.40. The van der Waals surface area contributed by atoms with Crippen molar-refractivity contribution in [2.45, 2.75) is 17.7 Å². The number of rotatable bonds is 6. The molecule has 2 fully saturated rings. The lowest BCUT2D eigenvalue weighted by Crippen LogP contribution is -2.47. The monoisotopic (exact) mass is 431 g/mol. The zero-order valence-electron chi connectivity index (χ0n) is 17.1. The molecule has 0 saturated carbocycles. The van der Waals surface area contributed by atoms with Gasteiger partial charge in [0.25, 0.3) is 0 Å². The molecular formula is C22H29N3O4S. The van der Waals surface area contributed by atoms with Gasteiger partial charge in [-0.2, -0.15) is 4.31 Å². The molecule has 4 rings (SSSR count). The Balaban J connectivity index is 1.37. The molecule has 162 valence electrons. The molecule has 0 aromatic heterocycles. The molecule has 2 heterocycles. The van der Waals surface area contributed by atoms with Crippen LogP contribution < -0.4 is 5.32 Å². The average Bonchev–Trinajstić information content (AvgIpc) is 2.79. The van der Waals surface area contributed by atoms with Crippen molar-refractivity contribution in [2.24, 2.45) is 5.92 Å². The molecule has 2 aromatic rings. The molecular weight excluding hydrogens is 402 g/mol. The number of amides is 1. The predicted octanol–water partition coefficient (Wildman–Crippen LogP) is 1.69. The van der Waals surface area contributed by atoms with Gasteiger partial charge in [0, 0.05) is 39.3 Å². The molecule has 1 N–H and O–H groups in total. The van der Waals surface area contributed by atoms with Gasteiger partial charge in [-0.05, 0) is 35.7 Å². The second-order valence-corrected chi connectivity index (χ2v) is 9.89. The first-order chi connectivity index (χ1) is 14.5. The van der Waals surface area contributed by atoms with Crippen LogP contribution in [0.25, 0.3) is 10.8 Å². The Kier molecular flexibility index (Phi) is 6.67. The van der Waals surface area contributed by atoms with Gasteiger partial charge in [-0.25, -0.2) is 8.42 Å². The van der Waals surface area contributed by atoms with Gasteiger partial charge in [0.15, 0.2) is 0 Å². The molecule has 2 aliphatic rings. The summed E-state index contributed by atoms with van der Waals surface area (Å²) in [7, 11) is -3.63. The van der Waals surface area contributed by atoms with Gasteiger partial charge in [0.1, 0.15) is 0 Å². The Morgan fingerprint density at radius 1 is 1.07 bits per heavy atom. The molecule has 0 unspecified atom stereocenters. The van der Waals surface area contributed by atoms with Crippen LogP contribution in [-0.4, -0.2) is 76.0 Å². The third-order valence-electron chi connectivity index (χ3n) is 5.94. The number of nitrogens with one attached hydrogen (secondary N) is 1. The van der Waals surface area contributed by atoms with Gasteiger partial charge in [-0.3, -0.25) is 9.69 Å².